The van der Waals surface area contributed by atoms with Crippen LogP contribution in [0.4, 0.5) is 0 Å². The molecule has 2 rings (SSSR count). The monoisotopic (exact) mass is 383 g/mol. The van der Waals surface area contributed by atoms with Gasteiger partial charge in [0.2, 0.25) is 5.91 Å². The number of methoxy groups -OCH3 is 1. The molecule has 0 atom stereocenters. The average molecular weight is 383 g/mol. The van der Waals surface area contributed by atoms with E-state index in [4.69, 9.17) is 4.74 Å². The van der Waals surface area contributed by atoms with Crippen molar-refractivity contribution < 1.29 is 14.3 Å². The first-order valence-corrected chi connectivity index (χ1v) is 9.59. The number of amides is 1. The van der Waals surface area contributed by atoms with E-state index in [0.29, 0.717) is 19.0 Å². The van der Waals surface area contributed by atoms with E-state index in [1.165, 1.54) is 12.7 Å². The lowest BCUT2D eigenvalue weighted by Crippen LogP contribution is -2.33. The number of esters is 1. The molecule has 2 aromatic rings. The van der Waals surface area contributed by atoms with Crippen LogP contribution in [0.15, 0.2) is 49.1 Å². The number of imidazole rings is 1. The molecule has 150 valence electrons. The lowest BCUT2D eigenvalue weighted by molar-refractivity contribution is -0.141. The molecule has 28 heavy (non-hydrogen) atoms. The Bertz CT molecular complexity index is 765. The van der Waals surface area contributed by atoms with E-state index >= 15 is 0 Å². The molecule has 0 aliphatic carbocycles. The van der Waals surface area contributed by atoms with E-state index in [9.17, 15) is 9.59 Å². The van der Waals surface area contributed by atoms with Crippen molar-refractivity contribution in [3.8, 4) is 0 Å². The molecule has 0 saturated heterocycles. The lowest BCUT2D eigenvalue weighted by Gasteiger charge is -2.21. The number of carbonyl (C=O) groups excluding carboxylic acids is 2. The Hall–Kier alpha value is -2.89. The van der Waals surface area contributed by atoms with E-state index in [1.54, 1.807) is 23.5 Å². The van der Waals surface area contributed by atoms with Crippen molar-refractivity contribution in [3.05, 3.63) is 60.2 Å². The first kappa shape index (κ1) is 21.4. The standard InChI is InChI=1S/C22H29N3O3/c1-18(2)20-8-5-19(6-9-20)7-10-21(26)25(15-11-22(27)28-3)14-4-13-24-16-12-23-17-24/h5-10,12,16-18H,4,11,13-15H2,1-3H3/b10-7+. The zero-order chi connectivity index (χ0) is 20.4. The number of ether oxygens (including phenoxy) is 1. The number of aryl methyl sites for hydroxylation is 1. The molecule has 0 aliphatic rings. The predicted octanol–water partition coefficient (Wildman–Crippen LogP) is 3.50. The highest BCUT2D eigenvalue weighted by Gasteiger charge is 2.13. The number of hydrogen-bond acceptors (Lipinski definition) is 4. The minimum absolute atomic E-state index is 0.109. The first-order chi connectivity index (χ1) is 13.5. The molecule has 0 spiro atoms. The SMILES string of the molecule is COC(=O)CCN(CCCn1ccnc1)C(=O)/C=C/c1ccc(C(C)C)cc1. The number of rotatable bonds is 10. The topological polar surface area (TPSA) is 64.4 Å². The van der Waals surface area contributed by atoms with Crippen LogP contribution in [0.25, 0.3) is 6.08 Å². The summed E-state index contributed by atoms with van der Waals surface area (Å²) >= 11 is 0. The van der Waals surface area contributed by atoms with Gasteiger partial charge in [0.05, 0.1) is 19.9 Å². The van der Waals surface area contributed by atoms with Crippen LogP contribution in [0.3, 0.4) is 0 Å². The summed E-state index contributed by atoms with van der Waals surface area (Å²) in [5.41, 5.74) is 2.24. The third-order valence-corrected chi connectivity index (χ3v) is 4.55. The minimum atomic E-state index is -0.319. The van der Waals surface area contributed by atoms with Gasteiger partial charge in [-0.25, -0.2) is 4.98 Å². The van der Waals surface area contributed by atoms with Crippen molar-refractivity contribution in [1.82, 2.24) is 14.5 Å². The van der Waals surface area contributed by atoms with Gasteiger partial charge in [0.15, 0.2) is 0 Å². The predicted molar refractivity (Wildman–Crippen MR) is 110 cm³/mol. The maximum absolute atomic E-state index is 12.7. The van der Waals surface area contributed by atoms with Crippen molar-refractivity contribution in [2.45, 2.75) is 39.2 Å². The largest absolute Gasteiger partial charge is 0.469 e. The molecule has 0 fully saturated rings. The van der Waals surface area contributed by atoms with Gasteiger partial charge >= 0.3 is 5.97 Å². The van der Waals surface area contributed by atoms with E-state index < -0.39 is 0 Å². The zero-order valence-electron chi connectivity index (χ0n) is 16.9. The van der Waals surface area contributed by atoms with Crippen LogP contribution in [0, 0.1) is 0 Å². The van der Waals surface area contributed by atoms with E-state index in [-0.39, 0.29) is 18.3 Å². The van der Waals surface area contributed by atoms with Gasteiger partial charge in [-0.1, -0.05) is 38.1 Å². The zero-order valence-corrected chi connectivity index (χ0v) is 16.9. The molecule has 0 radical (unpaired) electrons. The van der Waals surface area contributed by atoms with Gasteiger partial charge < -0.3 is 14.2 Å². The molecule has 1 amide bonds. The molecular formula is C22H29N3O3. The van der Waals surface area contributed by atoms with Crippen LogP contribution < -0.4 is 0 Å². The number of benzene rings is 1. The molecule has 0 saturated carbocycles. The smallest absolute Gasteiger partial charge is 0.307 e. The van der Waals surface area contributed by atoms with Crippen LogP contribution in [0.5, 0.6) is 0 Å². The summed E-state index contributed by atoms with van der Waals surface area (Å²) in [7, 11) is 1.36. The molecule has 1 aromatic carbocycles. The third-order valence-electron chi connectivity index (χ3n) is 4.55. The normalized spacial score (nSPS) is 11.1. The number of nitrogens with zero attached hydrogens (tertiary/aromatic N) is 3. The van der Waals surface area contributed by atoms with Crippen LogP contribution >= 0.6 is 0 Å². The highest BCUT2D eigenvalue weighted by molar-refractivity contribution is 5.92. The minimum Gasteiger partial charge on any atom is -0.469 e. The lowest BCUT2D eigenvalue weighted by atomic mass is 10.0. The summed E-state index contributed by atoms with van der Waals surface area (Å²) in [6.45, 7) is 5.97. The summed E-state index contributed by atoms with van der Waals surface area (Å²) in [5.74, 6) is 0.0482. The number of hydrogen-bond donors (Lipinski definition) is 0. The third kappa shape index (κ3) is 7.02. The second-order valence-electron chi connectivity index (χ2n) is 6.96. The highest BCUT2D eigenvalue weighted by Crippen LogP contribution is 2.15. The van der Waals surface area contributed by atoms with Gasteiger partial charge in [-0.3, -0.25) is 9.59 Å². The Morgan fingerprint density at radius 2 is 1.96 bits per heavy atom. The fourth-order valence-corrected chi connectivity index (χ4v) is 2.79. The second kappa shape index (κ2) is 11.1. The fourth-order valence-electron chi connectivity index (χ4n) is 2.79. The molecule has 1 aromatic heterocycles. The Balaban J connectivity index is 1.96. The molecule has 0 bridgehead atoms. The quantitative estimate of drug-likeness (QED) is 0.465. The van der Waals surface area contributed by atoms with Crippen molar-refractivity contribution in [2.75, 3.05) is 20.2 Å². The van der Waals surface area contributed by atoms with E-state index in [0.717, 1.165) is 18.5 Å². The van der Waals surface area contributed by atoms with Crippen molar-refractivity contribution >= 4 is 18.0 Å². The van der Waals surface area contributed by atoms with Crippen LogP contribution in [0.2, 0.25) is 0 Å². The maximum atomic E-state index is 12.7. The number of carbonyl (C=O) groups is 2. The first-order valence-electron chi connectivity index (χ1n) is 9.59. The van der Waals surface area contributed by atoms with Gasteiger partial charge in [0, 0.05) is 38.1 Å². The van der Waals surface area contributed by atoms with Crippen LogP contribution in [0.1, 0.15) is 43.7 Å². The Labute approximate surface area is 166 Å². The summed E-state index contributed by atoms with van der Waals surface area (Å²) in [5, 5.41) is 0. The molecule has 0 unspecified atom stereocenters. The fraction of sp³-hybridized carbons (Fsp3) is 0.409. The van der Waals surface area contributed by atoms with Crippen molar-refractivity contribution in [1.29, 1.82) is 0 Å². The summed E-state index contributed by atoms with van der Waals surface area (Å²) in [6, 6.07) is 8.18. The molecular weight excluding hydrogens is 354 g/mol. The Kier molecular flexibility index (Phi) is 8.46. The van der Waals surface area contributed by atoms with E-state index in [1.807, 2.05) is 29.0 Å². The average Bonchev–Trinajstić information content (AvgIpc) is 3.22. The highest BCUT2D eigenvalue weighted by atomic mass is 16.5. The molecule has 6 nitrogen and oxygen atoms in total. The maximum Gasteiger partial charge on any atom is 0.307 e. The molecule has 0 aliphatic heterocycles. The second-order valence-corrected chi connectivity index (χ2v) is 6.96. The van der Waals surface area contributed by atoms with Gasteiger partial charge in [0.1, 0.15) is 0 Å². The summed E-state index contributed by atoms with van der Waals surface area (Å²) < 4.78 is 6.66. The van der Waals surface area contributed by atoms with Crippen LogP contribution in [-0.4, -0.2) is 46.5 Å². The Morgan fingerprint density at radius 3 is 2.57 bits per heavy atom. The molecule has 0 N–H and O–H groups in total. The van der Waals surface area contributed by atoms with E-state index in [2.05, 4.69) is 31.0 Å². The summed E-state index contributed by atoms with van der Waals surface area (Å²) in [6.07, 6.45) is 9.72. The Morgan fingerprint density at radius 1 is 1.21 bits per heavy atom. The number of aromatic nitrogens is 2. The van der Waals surface area contributed by atoms with Gasteiger partial charge in [-0.05, 0) is 29.5 Å². The van der Waals surface area contributed by atoms with Gasteiger partial charge in [-0.15, -0.1) is 0 Å². The molecule has 6 heteroatoms. The van der Waals surface area contributed by atoms with Crippen molar-refractivity contribution in [3.63, 3.8) is 0 Å². The van der Waals surface area contributed by atoms with Gasteiger partial charge in [-0.2, -0.15) is 0 Å². The summed E-state index contributed by atoms with van der Waals surface area (Å²) in [4.78, 5) is 29.8. The van der Waals surface area contributed by atoms with Crippen LogP contribution in [-0.2, 0) is 20.9 Å². The van der Waals surface area contributed by atoms with Crippen molar-refractivity contribution in [2.24, 2.45) is 0 Å². The van der Waals surface area contributed by atoms with Gasteiger partial charge in [0.25, 0.3) is 0 Å². The molecule has 1 heterocycles.